The molecule has 1 aliphatic carbocycles. The zero-order valence-corrected chi connectivity index (χ0v) is 11.0. The molecule has 0 atom stereocenters. The summed E-state index contributed by atoms with van der Waals surface area (Å²) >= 11 is 6.86. The summed E-state index contributed by atoms with van der Waals surface area (Å²) in [6, 6.07) is 0. The number of hydrogen-bond acceptors (Lipinski definition) is 4. The van der Waals surface area contributed by atoms with Crippen LogP contribution in [0.2, 0.25) is 5.02 Å². The van der Waals surface area contributed by atoms with Gasteiger partial charge in [0.25, 0.3) is 11.8 Å². The second kappa shape index (κ2) is 4.10. The van der Waals surface area contributed by atoms with Crippen molar-refractivity contribution < 1.29 is 14.7 Å². The van der Waals surface area contributed by atoms with Crippen molar-refractivity contribution in [2.24, 2.45) is 0 Å². The molecule has 1 aromatic heterocycles. The highest BCUT2D eigenvalue weighted by Gasteiger charge is 2.41. The zero-order valence-electron chi connectivity index (χ0n) is 9.40. The van der Waals surface area contributed by atoms with Crippen LogP contribution in [0.5, 0.6) is 5.75 Å². The Hall–Kier alpha value is -1.33. The first kappa shape index (κ1) is 11.7. The molecule has 0 aromatic carbocycles. The SMILES string of the molecule is O=C1C2=C(CCCC2)C(=O)N1c1scc(Cl)c1O. The molecule has 4 nitrogen and oxygen atoms in total. The van der Waals surface area contributed by atoms with Crippen molar-refractivity contribution in [1.29, 1.82) is 0 Å². The Kier molecular flexibility index (Phi) is 2.68. The van der Waals surface area contributed by atoms with Crippen LogP contribution in [0, 0.1) is 0 Å². The third-order valence-electron chi connectivity index (χ3n) is 3.30. The van der Waals surface area contributed by atoms with Crippen LogP contribution in [-0.2, 0) is 9.59 Å². The molecule has 1 aromatic rings. The molecule has 94 valence electrons. The molecule has 0 spiro atoms. The first-order valence-corrected chi connectivity index (χ1v) is 6.93. The summed E-state index contributed by atoms with van der Waals surface area (Å²) in [6.07, 6.45) is 3.16. The minimum absolute atomic E-state index is 0.167. The molecule has 2 heterocycles. The maximum atomic E-state index is 12.2. The molecule has 2 amide bonds. The van der Waals surface area contributed by atoms with E-state index in [0.29, 0.717) is 24.0 Å². The Bertz CT molecular complexity index is 562. The fourth-order valence-electron chi connectivity index (χ4n) is 2.40. The number of halogens is 1. The van der Waals surface area contributed by atoms with Gasteiger partial charge in [-0.1, -0.05) is 11.6 Å². The summed E-state index contributed by atoms with van der Waals surface area (Å²) in [7, 11) is 0. The quantitative estimate of drug-likeness (QED) is 0.806. The first-order chi connectivity index (χ1) is 8.61. The fraction of sp³-hybridized carbons (Fsp3) is 0.333. The number of anilines is 1. The average Bonchev–Trinajstić information content (AvgIpc) is 2.82. The van der Waals surface area contributed by atoms with Gasteiger partial charge >= 0.3 is 0 Å². The van der Waals surface area contributed by atoms with E-state index in [-0.39, 0.29) is 27.6 Å². The van der Waals surface area contributed by atoms with Crippen molar-refractivity contribution in [2.45, 2.75) is 25.7 Å². The molecule has 0 unspecified atom stereocenters. The molecular weight excluding hydrogens is 274 g/mol. The van der Waals surface area contributed by atoms with Crippen LogP contribution in [0.3, 0.4) is 0 Å². The number of amides is 2. The summed E-state index contributed by atoms with van der Waals surface area (Å²) in [5, 5.41) is 11.7. The van der Waals surface area contributed by atoms with Crippen LogP contribution in [0.15, 0.2) is 16.5 Å². The largest absolute Gasteiger partial charge is 0.504 e. The topological polar surface area (TPSA) is 57.6 Å². The zero-order chi connectivity index (χ0) is 12.9. The van der Waals surface area contributed by atoms with E-state index in [1.807, 2.05) is 0 Å². The standard InChI is InChI=1S/C12H10ClNO3S/c13-8-5-18-12(9(8)15)14-10(16)6-3-1-2-4-7(6)11(14)17/h5,15H,1-4H2. The number of hydrogen-bond donors (Lipinski definition) is 1. The van der Waals surface area contributed by atoms with Crippen LogP contribution >= 0.6 is 22.9 Å². The summed E-state index contributed by atoms with van der Waals surface area (Å²) in [5.41, 5.74) is 1.21. The molecule has 0 saturated heterocycles. The molecular formula is C12H10ClNO3S. The number of carbonyl (C=O) groups excluding carboxylic acids is 2. The number of imide groups is 1. The van der Waals surface area contributed by atoms with Gasteiger partial charge < -0.3 is 5.11 Å². The summed E-state index contributed by atoms with van der Waals surface area (Å²) in [5.74, 6) is -0.796. The Morgan fingerprint density at radius 1 is 1.17 bits per heavy atom. The lowest BCUT2D eigenvalue weighted by Crippen LogP contribution is -2.30. The van der Waals surface area contributed by atoms with Crippen molar-refractivity contribution in [3.05, 3.63) is 21.5 Å². The van der Waals surface area contributed by atoms with Gasteiger partial charge in [0.05, 0.1) is 5.02 Å². The van der Waals surface area contributed by atoms with Gasteiger partial charge in [-0.05, 0) is 25.7 Å². The van der Waals surface area contributed by atoms with Gasteiger partial charge in [0.15, 0.2) is 5.75 Å². The Morgan fingerprint density at radius 2 is 1.72 bits per heavy atom. The molecule has 6 heteroatoms. The molecule has 0 saturated carbocycles. The summed E-state index contributed by atoms with van der Waals surface area (Å²) in [6.45, 7) is 0. The van der Waals surface area contributed by atoms with Gasteiger partial charge in [-0.2, -0.15) is 0 Å². The maximum absolute atomic E-state index is 12.2. The predicted molar refractivity (Wildman–Crippen MR) is 69.0 cm³/mol. The van der Waals surface area contributed by atoms with Gasteiger partial charge in [-0.15, -0.1) is 11.3 Å². The minimum Gasteiger partial charge on any atom is -0.504 e. The number of rotatable bonds is 1. The van der Waals surface area contributed by atoms with Crippen molar-refractivity contribution in [3.63, 3.8) is 0 Å². The van der Waals surface area contributed by atoms with Crippen LogP contribution in [0.25, 0.3) is 0 Å². The Morgan fingerprint density at radius 3 is 2.17 bits per heavy atom. The Labute approximate surface area is 112 Å². The van der Waals surface area contributed by atoms with E-state index in [4.69, 9.17) is 11.6 Å². The van der Waals surface area contributed by atoms with Gasteiger partial charge in [0, 0.05) is 16.5 Å². The molecule has 0 radical (unpaired) electrons. The highest BCUT2D eigenvalue weighted by atomic mass is 35.5. The smallest absolute Gasteiger partial charge is 0.262 e. The van der Waals surface area contributed by atoms with E-state index in [0.717, 1.165) is 29.1 Å². The predicted octanol–water partition coefficient (Wildman–Crippen LogP) is 2.85. The molecule has 1 aliphatic heterocycles. The van der Waals surface area contributed by atoms with Crippen molar-refractivity contribution in [1.82, 2.24) is 0 Å². The monoisotopic (exact) mass is 283 g/mol. The van der Waals surface area contributed by atoms with Crippen LogP contribution in [-0.4, -0.2) is 16.9 Å². The van der Waals surface area contributed by atoms with Crippen LogP contribution in [0.4, 0.5) is 5.00 Å². The second-order valence-corrected chi connectivity index (χ2v) is 5.61. The lowest BCUT2D eigenvalue weighted by molar-refractivity contribution is -0.120. The number of thiophene rings is 1. The van der Waals surface area contributed by atoms with Crippen LogP contribution < -0.4 is 4.90 Å². The molecule has 0 fully saturated rings. The number of nitrogens with zero attached hydrogens (tertiary/aromatic N) is 1. The third-order valence-corrected chi connectivity index (χ3v) is 4.67. The van der Waals surface area contributed by atoms with Crippen molar-refractivity contribution in [2.75, 3.05) is 4.90 Å². The highest BCUT2D eigenvalue weighted by Crippen LogP contribution is 2.45. The van der Waals surface area contributed by atoms with E-state index >= 15 is 0 Å². The van der Waals surface area contributed by atoms with E-state index < -0.39 is 0 Å². The van der Waals surface area contributed by atoms with Crippen molar-refractivity contribution in [3.8, 4) is 5.75 Å². The summed E-state index contributed by atoms with van der Waals surface area (Å²) in [4.78, 5) is 25.5. The van der Waals surface area contributed by atoms with E-state index in [1.165, 1.54) is 5.38 Å². The first-order valence-electron chi connectivity index (χ1n) is 5.68. The second-order valence-electron chi connectivity index (χ2n) is 4.35. The van der Waals surface area contributed by atoms with Crippen molar-refractivity contribution >= 4 is 39.8 Å². The summed E-state index contributed by atoms with van der Waals surface area (Å²) < 4.78 is 0. The highest BCUT2D eigenvalue weighted by molar-refractivity contribution is 7.15. The maximum Gasteiger partial charge on any atom is 0.262 e. The molecule has 0 bridgehead atoms. The lowest BCUT2D eigenvalue weighted by Gasteiger charge is -2.12. The number of aromatic hydroxyl groups is 1. The average molecular weight is 284 g/mol. The minimum atomic E-state index is -0.302. The normalized spacial score (nSPS) is 19.7. The van der Waals surface area contributed by atoms with Crippen LogP contribution in [0.1, 0.15) is 25.7 Å². The van der Waals surface area contributed by atoms with E-state index in [9.17, 15) is 14.7 Å². The third kappa shape index (κ3) is 1.51. The fourth-order valence-corrected chi connectivity index (χ4v) is 3.50. The molecule has 18 heavy (non-hydrogen) atoms. The lowest BCUT2D eigenvalue weighted by atomic mass is 9.93. The van der Waals surface area contributed by atoms with E-state index in [1.54, 1.807) is 0 Å². The van der Waals surface area contributed by atoms with E-state index in [2.05, 4.69) is 0 Å². The molecule has 2 aliphatic rings. The Balaban J connectivity index is 2.04. The molecule has 3 rings (SSSR count). The van der Waals surface area contributed by atoms with Gasteiger partial charge in [0.1, 0.15) is 5.00 Å². The van der Waals surface area contributed by atoms with Gasteiger partial charge in [-0.3, -0.25) is 9.59 Å². The number of carbonyl (C=O) groups is 2. The van der Waals surface area contributed by atoms with Gasteiger partial charge in [0.2, 0.25) is 0 Å². The van der Waals surface area contributed by atoms with Gasteiger partial charge in [-0.25, -0.2) is 4.90 Å². The molecule has 1 N–H and O–H groups in total.